The molecule has 0 aromatic heterocycles. The summed E-state index contributed by atoms with van der Waals surface area (Å²) in [4.78, 5) is 21.9. The van der Waals surface area contributed by atoms with Crippen LogP contribution in [0.15, 0.2) is 30.4 Å². The molecule has 0 N–H and O–H groups in total. The molecule has 19 heavy (non-hydrogen) atoms. The van der Waals surface area contributed by atoms with Crippen LogP contribution >= 0.6 is 0 Å². The van der Waals surface area contributed by atoms with Gasteiger partial charge >= 0.3 is 5.97 Å². The number of hydrogen-bond donors (Lipinski definition) is 0. The third kappa shape index (κ3) is 4.83. The number of carbonyl (C=O) groups is 2. The van der Waals surface area contributed by atoms with Gasteiger partial charge in [0.2, 0.25) is 0 Å². The van der Waals surface area contributed by atoms with Gasteiger partial charge in [0.25, 0.3) is 0 Å². The maximum Gasteiger partial charge on any atom is 0.330 e. The first-order chi connectivity index (χ1) is 9.21. The van der Waals surface area contributed by atoms with Crippen molar-refractivity contribution in [2.24, 2.45) is 0 Å². The maximum atomic E-state index is 11.0. The van der Waals surface area contributed by atoms with E-state index in [9.17, 15) is 9.59 Å². The number of ether oxygens (including phenoxy) is 3. The summed E-state index contributed by atoms with van der Waals surface area (Å²) >= 11 is 0. The van der Waals surface area contributed by atoms with Gasteiger partial charge in [-0.2, -0.15) is 0 Å². The Hall–Kier alpha value is -2.30. The van der Waals surface area contributed by atoms with Crippen molar-refractivity contribution in [2.45, 2.75) is 6.92 Å². The molecule has 0 bridgehead atoms. The van der Waals surface area contributed by atoms with Crippen LogP contribution in [0, 0.1) is 0 Å². The Morgan fingerprint density at radius 1 is 1.37 bits per heavy atom. The van der Waals surface area contributed by atoms with Gasteiger partial charge in [-0.05, 0) is 31.2 Å². The number of hydrogen-bond acceptors (Lipinski definition) is 5. The van der Waals surface area contributed by atoms with Gasteiger partial charge in [-0.15, -0.1) is 0 Å². The molecule has 0 saturated carbocycles. The fourth-order valence-corrected chi connectivity index (χ4v) is 1.35. The number of methoxy groups -OCH3 is 1. The summed E-state index contributed by atoms with van der Waals surface area (Å²) in [7, 11) is 1.52. The Balaban J connectivity index is 2.58. The van der Waals surface area contributed by atoms with E-state index in [1.807, 2.05) is 0 Å². The monoisotopic (exact) mass is 264 g/mol. The molecule has 0 aliphatic carbocycles. The molecule has 0 aliphatic heterocycles. The van der Waals surface area contributed by atoms with Crippen LogP contribution in [-0.4, -0.2) is 32.6 Å². The topological polar surface area (TPSA) is 61.8 Å². The van der Waals surface area contributed by atoms with E-state index in [2.05, 4.69) is 0 Å². The highest BCUT2D eigenvalue weighted by Gasteiger charge is 2.04. The third-order valence-corrected chi connectivity index (χ3v) is 2.22. The Morgan fingerprint density at radius 3 is 2.79 bits per heavy atom. The Bertz CT molecular complexity index is 465. The molecule has 0 unspecified atom stereocenters. The Kier molecular flexibility index (Phi) is 6.15. The SMILES string of the molecule is CCOC(=O)/C=C/COc1ccc(OC)cc1C=O. The summed E-state index contributed by atoms with van der Waals surface area (Å²) in [5, 5.41) is 0. The molecule has 0 heterocycles. The minimum Gasteiger partial charge on any atom is -0.497 e. The molecule has 102 valence electrons. The van der Waals surface area contributed by atoms with Crippen molar-refractivity contribution in [3.05, 3.63) is 35.9 Å². The lowest BCUT2D eigenvalue weighted by atomic mass is 10.2. The number of esters is 1. The fraction of sp³-hybridized carbons (Fsp3) is 0.286. The van der Waals surface area contributed by atoms with E-state index in [0.29, 0.717) is 30.0 Å². The second kappa shape index (κ2) is 7.92. The van der Waals surface area contributed by atoms with Gasteiger partial charge in [0.05, 0.1) is 19.3 Å². The van der Waals surface area contributed by atoms with Gasteiger partial charge in [0, 0.05) is 6.08 Å². The predicted octanol–water partition coefficient (Wildman–Crippen LogP) is 2.01. The fourth-order valence-electron chi connectivity index (χ4n) is 1.35. The van der Waals surface area contributed by atoms with Gasteiger partial charge < -0.3 is 14.2 Å². The normalized spacial score (nSPS) is 10.2. The minimum atomic E-state index is -0.420. The first-order valence-corrected chi connectivity index (χ1v) is 5.80. The largest absolute Gasteiger partial charge is 0.497 e. The highest BCUT2D eigenvalue weighted by molar-refractivity contribution is 5.82. The van der Waals surface area contributed by atoms with Crippen molar-refractivity contribution < 1.29 is 23.8 Å². The number of rotatable bonds is 7. The highest BCUT2D eigenvalue weighted by Crippen LogP contribution is 2.22. The summed E-state index contributed by atoms with van der Waals surface area (Å²) in [5.41, 5.74) is 0.392. The molecule has 1 rings (SSSR count). The van der Waals surface area contributed by atoms with E-state index in [4.69, 9.17) is 14.2 Å². The molecular formula is C14H16O5. The smallest absolute Gasteiger partial charge is 0.330 e. The molecule has 0 radical (unpaired) electrons. The molecule has 1 aromatic rings. The third-order valence-electron chi connectivity index (χ3n) is 2.22. The Morgan fingerprint density at radius 2 is 2.16 bits per heavy atom. The average molecular weight is 264 g/mol. The molecule has 1 aromatic carbocycles. The van der Waals surface area contributed by atoms with E-state index in [0.717, 1.165) is 0 Å². The van der Waals surface area contributed by atoms with E-state index in [-0.39, 0.29) is 6.61 Å². The van der Waals surface area contributed by atoms with Crippen molar-refractivity contribution in [1.82, 2.24) is 0 Å². The van der Waals surface area contributed by atoms with Crippen LogP contribution in [0.2, 0.25) is 0 Å². The summed E-state index contributed by atoms with van der Waals surface area (Å²) in [6, 6.07) is 4.91. The van der Waals surface area contributed by atoms with Crippen molar-refractivity contribution in [3.63, 3.8) is 0 Å². The summed E-state index contributed by atoms with van der Waals surface area (Å²) in [5.74, 6) is 0.595. The molecule has 5 heteroatoms. The van der Waals surface area contributed by atoms with Crippen LogP contribution in [0.5, 0.6) is 11.5 Å². The zero-order chi connectivity index (χ0) is 14.1. The van der Waals surface area contributed by atoms with Crippen LogP contribution in [0.4, 0.5) is 0 Å². The van der Waals surface area contributed by atoms with Crippen molar-refractivity contribution in [3.8, 4) is 11.5 Å². The summed E-state index contributed by atoms with van der Waals surface area (Å²) in [6.07, 6.45) is 3.50. The minimum absolute atomic E-state index is 0.173. The van der Waals surface area contributed by atoms with E-state index >= 15 is 0 Å². The standard InChI is InChI=1S/C14H16O5/c1-3-18-14(16)5-4-8-19-13-7-6-12(17-2)9-11(13)10-15/h4-7,9-10H,3,8H2,1-2H3/b5-4+. The molecular weight excluding hydrogens is 248 g/mol. The average Bonchev–Trinajstić information content (AvgIpc) is 2.44. The van der Waals surface area contributed by atoms with E-state index in [1.54, 1.807) is 25.1 Å². The van der Waals surface area contributed by atoms with Crippen LogP contribution in [0.1, 0.15) is 17.3 Å². The second-order valence-corrected chi connectivity index (χ2v) is 3.49. The summed E-state index contributed by atoms with van der Waals surface area (Å²) in [6.45, 7) is 2.24. The first kappa shape index (κ1) is 14.8. The van der Waals surface area contributed by atoms with E-state index in [1.165, 1.54) is 19.3 Å². The van der Waals surface area contributed by atoms with Gasteiger partial charge in [0.1, 0.15) is 18.1 Å². The molecule has 0 fully saturated rings. The van der Waals surface area contributed by atoms with Gasteiger partial charge in [0.15, 0.2) is 6.29 Å². The molecule has 0 aliphatic rings. The highest BCUT2D eigenvalue weighted by atomic mass is 16.5. The van der Waals surface area contributed by atoms with Crippen LogP contribution in [0.25, 0.3) is 0 Å². The van der Waals surface area contributed by atoms with Gasteiger partial charge in [-0.25, -0.2) is 4.79 Å². The Labute approximate surface area is 111 Å². The number of carbonyl (C=O) groups excluding carboxylic acids is 2. The maximum absolute atomic E-state index is 11.0. The van der Waals surface area contributed by atoms with Gasteiger partial charge in [-0.1, -0.05) is 0 Å². The number of benzene rings is 1. The van der Waals surface area contributed by atoms with Crippen molar-refractivity contribution in [1.29, 1.82) is 0 Å². The molecule has 0 atom stereocenters. The van der Waals surface area contributed by atoms with E-state index < -0.39 is 5.97 Å². The molecule has 5 nitrogen and oxygen atoms in total. The second-order valence-electron chi connectivity index (χ2n) is 3.49. The van der Waals surface area contributed by atoms with Crippen LogP contribution in [-0.2, 0) is 9.53 Å². The van der Waals surface area contributed by atoms with Crippen molar-refractivity contribution >= 4 is 12.3 Å². The number of aldehydes is 1. The lowest BCUT2D eigenvalue weighted by molar-refractivity contribution is -0.137. The first-order valence-electron chi connectivity index (χ1n) is 5.80. The lowest BCUT2D eigenvalue weighted by Gasteiger charge is -2.07. The zero-order valence-electron chi connectivity index (χ0n) is 10.9. The quantitative estimate of drug-likeness (QED) is 0.428. The summed E-state index contributed by atoms with van der Waals surface area (Å²) < 4.78 is 15.1. The van der Waals surface area contributed by atoms with Crippen molar-refractivity contribution in [2.75, 3.05) is 20.3 Å². The molecule has 0 saturated heterocycles. The zero-order valence-corrected chi connectivity index (χ0v) is 10.9. The molecule has 0 spiro atoms. The lowest BCUT2D eigenvalue weighted by Crippen LogP contribution is -2.02. The predicted molar refractivity (Wildman–Crippen MR) is 69.6 cm³/mol. The van der Waals surface area contributed by atoms with Gasteiger partial charge in [-0.3, -0.25) is 4.79 Å². The van der Waals surface area contributed by atoms with Crippen LogP contribution in [0.3, 0.4) is 0 Å². The molecule has 0 amide bonds. The van der Waals surface area contributed by atoms with Crippen LogP contribution < -0.4 is 9.47 Å².